The summed E-state index contributed by atoms with van der Waals surface area (Å²) in [5, 5.41) is 4.39. The number of nitrogens with zero attached hydrogens (tertiary/aromatic N) is 2. The monoisotopic (exact) mass is 317 g/mol. The Balaban J connectivity index is 1.99. The predicted molar refractivity (Wildman–Crippen MR) is 86.5 cm³/mol. The van der Waals surface area contributed by atoms with E-state index in [1.54, 1.807) is 30.5 Å². The Morgan fingerprint density at radius 1 is 1.41 bits per heavy atom. The molecule has 1 aromatic heterocycles. The minimum absolute atomic E-state index is 0.0517. The molecule has 5 nitrogen and oxygen atoms in total. The lowest BCUT2D eigenvalue weighted by Gasteiger charge is -2.11. The van der Waals surface area contributed by atoms with Crippen LogP contribution in [-0.2, 0) is 0 Å². The van der Waals surface area contributed by atoms with Crippen molar-refractivity contribution in [2.75, 3.05) is 0 Å². The average Bonchev–Trinajstić information content (AvgIpc) is 2.50. The average molecular weight is 318 g/mol. The maximum atomic E-state index is 11.8. The summed E-state index contributed by atoms with van der Waals surface area (Å²) in [6, 6.07) is 8.65. The van der Waals surface area contributed by atoms with Gasteiger partial charge in [-0.05, 0) is 49.7 Å². The molecule has 1 heterocycles. The Hall–Kier alpha value is -2.40. The van der Waals surface area contributed by atoms with Crippen molar-refractivity contribution in [3.05, 3.63) is 58.9 Å². The van der Waals surface area contributed by atoms with Gasteiger partial charge in [0, 0.05) is 12.4 Å². The normalized spacial score (nSPS) is 10.9. The van der Waals surface area contributed by atoms with Crippen molar-refractivity contribution >= 4 is 23.7 Å². The third-order valence-electron chi connectivity index (χ3n) is 2.62. The number of rotatable bonds is 5. The molecular formula is C16H16ClN3O2. The highest BCUT2D eigenvalue weighted by Crippen LogP contribution is 2.25. The molecule has 0 aliphatic heterocycles. The third kappa shape index (κ3) is 4.56. The van der Waals surface area contributed by atoms with Crippen LogP contribution in [0.3, 0.4) is 0 Å². The molecule has 1 N–H and O–H groups in total. The summed E-state index contributed by atoms with van der Waals surface area (Å²) in [5.74, 6) is 0.295. The predicted octanol–water partition coefficient (Wildman–Crippen LogP) is 3.29. The number of carbonyl (C=O) groups excluding carboxylic acids is 1. The highest BCUT2D eigenvalue weighted by Gasteiger charge is 2.05. The lowest BCUT2D eigenvalue weighted by molar-refractivity contribution is 0.0955. The van der Waals surface area contributed by atoms with Crippen LogP contribution in [-0.4, -0.2) is 23.2 Å². The van der Waals surface area contributed by atoms with Gasteiger partial charge in [-0.2, -0.15) is 5.10 Å². The van der Waals surface area contributed by atoms with Crippen molar-refractivity contribution in [3.63, 3.8) is 0 Å². The van der Waals surface area contributed by atoms with E-state index in [1.807, 2.05) is 19.9 Å². The Morgan fingerprint density at radius 3 is 2.86 bits per heavy atom. The molecule has 0 spiro atoms. The van der Waals surface area contributed by atoms with Crippen LogP contribution in [0.2, 0.25) is 5.02 Å². The molecule has 1 amide bonds. The van der Waals surface area contributed by atoms with Gasteiger partial charge in [-0.3, -0.25) is 9.78 Å². The first-order valence-electron chi connectivity index (χ1n) is 6.76. The number of ether oxygens (including phenoxy) is 1. The Bertz CT molecular complexity index is 672. The van der Waals surface area contributed by atoms with Crippen molar-refractivity contribution in [3.8, 4) is 5.75 Å². The number of hydrazone groups is 1. The number of halogens is 1. The third-order valence-corrected chi connectivity index (χ3v) is 2.92. The standard InChI is InChI=1S/C16H16ClN3O2/c1-11(2)22-15-6-5-12(8-14(15)17)9-19-20-16(21)13-4-3-7-18-10-13/h3-11H,1-2H3,(H,20,21)/b19-9-. The van der Waals surface area contributed by atoms with Gasteiger partial charge in [0.1, 0.15) is 5.75 Å². The first-order chi connectivity index (χ1) is 10.6. The highest BCUT2D eigenvalue weighted by molar-refractivity contribution is 6.32. The van der Waals surface area contributed by atoms with Crippen molar-refractivity contribution in [1.82, 2.24) is 10.4 Å². The molecule has 6 heteroatoms. The van der Waals surface area contributed by atoms with E-state index >= 15 is 0 Å². The molecular weight excluding hydrogens is 302 g/mol. The quantitative estimate of drug-likeness (QED) is 0.680. The summed E-state index contributed by atoms with van der Waals surface area (Å²) in [4.78, 5) is 15.6. The van der Waals surface area contributed by atoms with Crippen LogP contribution in [0, 0.1) is 0 Å². The second kappa shape index (κ2) is 7.56. The van der Waals surface area contributed by atoms with E-state index in [9.17, 15) is 4.79 Å². The van der Waals surface area contributed by atoms with Crippen molar-refractivity contribution in [1.29, 1.82) is 0 Å². The van der Waals surface area contributed by atoms with E-state index in [1.165, 1.54) is 12.4 Å². The number of hydrogen-bond donors (Lipinski definition) is 1. The largest absolute Gasteiger partial charge is 0.489 e. The molecule has 0 saturated carbocycles. The Kier molecular flexibility index (Phi) is 5.49. The molecule has 114 valence electrons. The van der Waals surface area contributed by atoms with Crippen LogP contribution in [0.15, 0.2) is 47.8 Å². The molecule has 22 heavy (non-hydrogen) atoms. The number of carbonyl (C=O) groups is 1. The zero-order valence-electron chi connectivity index (χ0n) is 12.3. The first kappa shape index (κ1) is 16.0. The number of nitrogens with one attached hydrogen (secondary N) is 1. The van der Waals surface area contributed by atoms with E-state index < -0.39 is 0 Å². The minimum atomic E-state index is -0.324. The lowest BCUT2D eigenvalue weighted by atomic mass is 10.2. The maximum Gasteiger partial charge on any atom is 0.272 e. The summed E-state index contributed by atoms with van der Waals surface area (Å²) in [6.45, 7) is 3.86. The molecule has 0 fully saturated rings. The summed E-state index contributed by atoms with van der Waals surface area (Å²) >= 11 is 6.13. The van der Waals surface area contributed by atoms with Gasteiger partial charge in [-0.15, -0.1) is 0 Å². The number of amides is 1. The van der Waals surface area contributed by atoms with Crippen LogP contribution in [0.5, 0.6) is 5.75 Å². The zero-order chi connectivity index (χ0) is 15.9. The van der Waals surface area contributed by atoms with E-state index in [2.05, 4.69) is 15.5 Å². The van der Waals surface area contributed by atoms with Gasteiger partial charge in [0.15, 0.2) is 0 Å². The van der Waals surface area contributed by atoms with Gasteiger partial charge in [-0.1, -0.05) is 11.6 Å². The first-order valence-corrected chi connectivity index (χ1v) is 7.13. The zero-order valence-corrected chi connectivity index (χ0v) is 13.0. The molecule has 0 atom stereocenters. The minimum Gasteiger partial charge on any atom is -0.489 e. The molecule has 1 aromatic carbocycles. The van der Waals surface area contributed by atoms with Gasteiger partial charge in [0.2, 0.25) is 0 Å². The van der Waals surface area contributed by atoms with Crippen LogP contribution in [0.1, 0.15) is 29.8 Å². The molecule has 0 bridgehead atoms. The molecule has 2 rings (SSSR count). The van der Waals surface area contributed by atoms with Crippen molar-refractivity contribution in [2.24, 2.45) is 5.10 Å². The number of aromatic nitrogens is 1. The Morgan fingerprint density at radius 2 is 2.23 bits per heavy atom. The van der Waals surface area contributed by atoms with Gasteiger partial charge < -0.3 is 4.74 Å². The summed E-state index contributed by atoms with van der Waals surface area (Å²) < 4.78 is 5.55. The van der Waals surface area contributed by atoms with E-state index in [0.717, 1.165) is 5.56 Å². The van der Waals surface area contributed by atoms with Crippen molar-refractivity contribution < 1.29 is 9.53 Å². The highest BCUT2D eigenvalue weighted by atomic mass is 35.5. The number of benzene rings is 1. The fourth-order valence-electron chi connectivity index (χ4n) is 1.67. The summed E-state index contributed by atoms with van der Waals surface area (Å²) in [7, 11) is 0. The van der Waals surface area contributed by atoms with Gasteiger partial charge in [0.25, 0.3) is 5.91 Å². The Labute approximate surface area is 134 Å². The molecule has 0 aliphatic rings. The van der Waals surface area contributed by atoms with Gasteiger partial charge in [-0.25, -0.2) is 5.43 Å². The number of pyridine rings is 1. The van der Waals surface area contributed by atoms with E-state index in [-0.39, 0.29) is 12.0 Å². The van der Waals surface area contributed by atoms with Gasteiger partial charge >= 0.3 is 0 Å². The molecule has 0 aliphatic carbocycles. The second-order valence-electron chi connectivity index (χ2n) is 4.80. The van der Waals surface area contributed by atoms with Crippen LogP contribution >= 0.6 is 11.6 Å². The van der Waals surface area contributed by atoms with Gasteiger partial charge in [0.05, 0.1) is 22.9 Å². The lowest BCUT2D eigenvalue weighted by Crippen LogP contribution is -2.17. The van der Waals surface area contributed by atoms with Crippen molar-refractivity contribution in [2.45, 2.75) is 20.0 Å². The van der Waals surface area contributed by atoms with Crippen LogP contribution < -0.4 is 10.2 Å². The number of hydrogen-bond acceptors (Lipinski definition) is 4. The summed E-state index contributed by atoms with van der Waals surface area (Å²) in [5.41, 5.74) is 3.63. The SMILES string of the molecule is CC(C)Oc1ccc(/C=N\NC(=O)c2cccnc2)cc1Cl. The molecule has 0 radical (unpaired) electrons. The van der Waals surface area contributed by atoms with Crippen LogP contribution in [0.25, 0.3) is 0 Å². The molecule has 0 unspecified atom stereocenters. The van der Waals surface area contributed by atoms with Crippen LogP contribution in [0.4, 0.5) is 0 Å². The smallest absolute Gasteiger partial charge is 0.272 e. The van der Waals surface area contributed by atoms with E-state index in [0.29, 0.717) is 16.3 Å². The fourth-order valence-corrected chi connectivity index (χ4v) is 1.91. The topological polar surface area (TPSA) is 63.6 Å². The fraction of sp³-hybridized carbons (Fsp3) is 0.188. The van der Waals surface area contributed by atoms with E-state index in [4.69, 9.17) is 16.3 Å². The maximum absolute atomic E-state index is 11.8. The molecule has 2 aromatic rings. The summed E-state index contributed by atoms with van der Waals surface area (Å²) in [6.07, 6.45) is 4.64. The molecule has 0 saturated heterocycles. The second-order valence-corrected chi connectivity index (χ2v) is 5.20.